The fraction of sp³-hybridized carbons (Fsp3) is 0.442. The molecule has 0 radical (unpaired) electrons. The molecule has 53 heavy (non-hydrogen) atoms. The molecule has 1 aliphatic rings. The predicted molar refractivity (Wildman–Crippen MR) is 217 cm³/mol. The molecular weight excluding hydrogens is 665 g/mol. The van der Waals surface area contributed by atoms with Crippen molar-refractivity contribution in [3.63, 3.8) is 0 Å². The molecule has 286 valence electrons. The molecule has 10 heteroatoms. The first-order valence-corrected chi connectivity index (χ1v) is 17.8. The summed E-state index contributed by atoms with van der Waals surface area (Å²) in [7, 11) is 1.77. The number of H-pyrrole nitrogens is 2. The van der Waals surface area contributed by atoms with Crippen LogP contribution in [-0.2, 0) is 9.47 Å². The standard InChI is InChI=1S/C18H14N4.C11H23NO2.C10H19NO2.2C2H2/c1-5-15(17-9-19-11-21-17)6-2-13(1)14-3-7-16(8-4-14)18-10-20-12-22-18;1-9(2)7-8-12(6)10(13)14-11(3,4)5;1-8-6-5-7-11(8)9(12)13-10(2,3)4;2*1-2/h1-12H,(H,19,21)(H,20,22);9H,7-8H2,1-6H3;8H,5-7H2,1-4H3;2*1-2H/t;;8-;;/m..0../s1. The highest BCUT2D eigenvalue weighted by atomic mass is 16.6. The number of nitrogens with zero attached hydrogens (tertiary/aromatic N) is 4. The van der Waals surface area contributed by atoms with E-state index in [2.05, 4.69) is 115 Å². The molecule has 1 aliphatic heterocycles. The molecule has 2 amide bonds. The summed E-state index contributed by atoms with van der Waals surface area (Å²) in [5, 5.41) is 0. The van der Waals surface area contributed by atoms with Crippen molar-refractivity contribution < 1.29 is 19.1 Å². The van der Waals surface area contributed by atoms with Gasteiger partial charge in [0.05, 0.1) is 36.4 Å². The summed E-state index contributed by atoms with van der Waals surface area (Å²) in [5.74, 6) is 0.611. The summed E-state index contributed by atoms with van der Waals surface area (Å²) in [6.07, 6.45) is 25.8. The lowest BCUT2D eigenvalue weighted by Gasteiger charge is -2.26. The SMILES string of the molecule is C#C.C#C.CC(C)CCN(C)C(=O)OC(C)(C)C.C[C@H]1CCCN1C(=O)OC(C)(C)C.c1ncc(-c2ccc(-c3ccc(-c4cnc[nH]4)cc3)cc2)[nH]1. The number of hydrogen-bond donors (Lipinski definition) is 2. The van der Waals surface area contributed by atoms with Crippen molar-refractivity contribution >= 4 is 12.2 Å². The van der Waals surface area contributed by atoms with E-state index in [1.807, 2.05) is 58.8 Å². The van der Waals surface area contributed by atoms with Crippen molar-refractivity contribution in [1.82, 2.24) is 29.7 Å². The zero-order valence-electron chi connectivity index (χ0n) is 33.3. The van der Waals surface area contributed by atoms with E-state index < -0.39 is 5.60 Å². The van der Waals surface area contributed by atoms with Gasteiger partial charge in [-0.05, 0) is 95.9 Å². The van der Waals surface area contributed by atoms with Gasteiger partial charge < -0.3 is 29.2 Å². The van der Waals surface area contributed by atoms with Gasteiger partial charge in [-0.15, -0.1) is 25.7 Å². The number of terminal acetylenes is 2. The van der Waals surface area contributed by atoms with E-state index in [0.717, 1.165) is 54.9 Å². The van der Waals surface area contributed by atoms with Gasteiger partial charge >= 0.3 is 12.2 Å². The van der Waals surface area contributed by atoms with Crippen molar-refractivity contribution in [2.75, 3.05) is 20.1 Å². The summed E-state index contributed by atoms with van der Waals surface area (Å²) in [5.41, 5.74) is 5.94. The van der Waals surface area contributed by atoms with Gasteiger partial charge in [-0.25, -0.2) is 19.6 Å². The van der Waals surface area contributed by atoms with E-state index in [4.69, 9.17) is 9.47 Å². The number of ether oxygens (including phenoxy) is 2. The molecule has 10 nitrogen and oxygen atoms in total. The summed E-state index contributed by atoms with van der Waals surface area (Å²) in [6.45, 7) is 19.3. The number of hydrogen-bond acceptors (Lipinski definition) is 6. The van der Waals surface area contributed by atoms with E-state index in [1.54, 1.807) is 24.6 Å². The van der Waals surface area contributed by atoms with Crippen molar-refractivity contribution in [1.29, 1.82) is 0 Å². The van der Waals surface area contributed by atoms with Crippen LogP contribution in [0.1, 0.15) is 81.6 Å². The number of nitrogens with one attached hydrogen (secondary N) is 2. The van der Waals surface area contributed by atoms with Gasteiger partial charge in [0, 0.05) is 26.2 Å². The van der Waals surface area contributed by atoms with Crippen molar-refractivity contribution in [2.24, 2.45) is 5.92 Å². The molecule has 1 fully saturated rings. The lowest BCUT2D eigenvalue weighted by Crippen LogP contribution is -2.38. The Kier molecular flexibility index (Phi) is 19.3. The molecule has 5 rings (SSSR count). The number of amides is 2. The topological polar surface area (TPSA) is 116 Å². The molecule has 1 saturated heterocycles. The molecule has 0 bridgehead atoms. The maximum absolute atomic E-state index is 11.6. The van der Waals surface area contributed by atoms with Crippen molar-refractivity contribution in [2.45, 2.75) is 98.8 Å². The Balaban J connectivity index is 0.000000399. The van der Waals surface area contributed by atoms with Crippen molar-refractivity contribution in [3.05, 3.63) is 73.6 Å². The Labute approximate surface area is 318 Å². The molecular formula is C43H60N6O4. The average Bonchev–Trinajstić information content (AvgIpc) is 3.93. The maximum Gasteiger partial charge on any atom is 0.410 e. The Morgan fingerprint density at radius 3 is 1.53 bits per heavy atom. The third kappa shape index (κ3) is 17.1. The van der Waals surface area contributed by atoms with Crippen LogP contribution in [0.25, 0.3) is 33.6 Å². The smallest absolute Gasteiger partial charge is 0.410 e. The minimum atomic E-state index is -0.400. The van der Waals surface area contributed by atoms with Gasteiger partial charge in [-0.1, -0.05) is 62.4 Å². The normalized spacial score (nSPS) is 13.3. The molecule has 0 aliphatic carbocycles. The van der Waals surface area contributed by atoms with Gasteiger partial charge in [-0.3, -0.25) is 0 Å². The number of imidazole rings is 2. The molecule has 1 atom stereocenters. The largest absolute Gasteiger partial charge is 0.444 e. The van der Waals surface area contributed by atoms with Gasteiger partial charge in [-0.2, -0.15) is 0 Å². The highest BCUT2D eigenvalue weighted by Gasteiger charge is 2.29. The van der Waals surface area contributed by atoms with E-state index in [-0.39, 0.29) is 17.8 Å². The van der Waals surface area contributed by atoms with E-state index >= 15 is 0 Å². The monoisotopic (exact) mass is 724 g/mol. The van der Waals surface area contributed by atoms with Gasteiger partial charge in [0.25, 0.3) is 0 Å². The third-order valence-corrected chi connectivity index (χ3v) is 7.65. The first-order valence-electron chi connectivity index (χ1n) is 17.8. The molecule has 4 aromatic rings. The minimum Gasteiger partial charge on any atom is -0.444 e. The quantitative estimate of drug-likeness (QED) is 0.191. The van der Waals surface area contributed by atoms with Gasteiger partial charge in [0.2, 0.25) is 0 Å². The van der Waals surface area contributed by atoms with Crippen LogP contribution in [0.2, 0.25) is 0 Å². The first kappa shape index (κ1) is 45.5. The minimum absolute atomic E-state index is 0.169. The van der Waals surface area contributed by atoms with Crippen LogP contribution in [0.5, 0.6) is 0 Å². The number of carbonyl (C=O) groups excluding carboxylic acids is 2. The number of benzene rings is 2. The Hall–Kier alpha value is -5.48. The predicted octanol–water partition coefficient (Wildman–Crippen LogP) is 9.94. The van der Waals surface area contributed by atoms with E-state index in [0.29, 0.717) is 12.0 Å². The van der Waals surface area contributed by atoms with Crippen LogP contribution >= 0.6 is 0 Å². The van der Waals surface area contributed by atoms with E-state index in [9.17, 15) is 9.59 Å². The number of rotatable bonds is 6. The molecule has 0 unspecified atom stereocenters. The Morgan fingerprint density at radius 1 is 0.792 bits per heavy atom. The average molecular weight is 725 g/mol. The number of likely N-dealkylation sites (tertiary alicyclic amines) is 1. The van der Waals surface area contributed by atoms with Crippen LogP contribution in [0, 0.1) is 31.6 Å². The Bertz CT molecular complexity index is 1550. The van der Waals surface area contributed by atoms with Crippen molar-refractivity contribution in [3.8, 4) is 59.3 Å². The zero-order chi connectivity index (χ0) is 40.2. The summed E-state index contributed by atoms with van der Waals surface area (Å²) in [4.78, 5) is 40.8. The van der Waals surface area contributed by atoms with Gasteiger partial charge in [0.1, 0.15) is 11.2 Å². The summed E-state index contributed by atoms with van der Waals surface area (Å²) < 4.78 is 10.5. The van der Waals surface area contributed by atoms with Crippen LogP contribution in [0.15, 0.2) is 73.6 Å². The highest BCUT2D eigenvalue weighted by molar-refractivity contribution is 5.71. The zero-order valence-corrected chi connectivity index (χ0v) is 33.3. The molecule has 0 spiro atoms. The lowest BCUT2D eigenvalue weighted by atomic mass is 10.0. The Morgan fingerprint density at radius 2 is 1.21 bits per heavy atom. The van der Waals surface area contributed by atoms with E-state index in [1.165, 1.54) is 11.1 Å². The second-order valence-electron chi connectivity index (χ2n) is 14.8. The van der Waals surface area contributed by atoms with Crippen LogP contribution in [0.4, 0.5) is 9.59 Å². The molecule has 2 N–H and O–H groups in total. The summed E-state index contributed by atoms with van der Waals surface area (Å²) in [6, 6.07) is 17.3. The van der Waals surface area contributed by atoms with Crippen LogP contribution in [0.3, 0.4) is 0 Å². The fourth-order valence-electron chi connectivity index (χ4n) is 4.92. The number of aromatic nitrogens is 4. The summed E-state index contributed by atoms with van der Waals surface area (Å²) >= 11 is 0. The lowest BCUT2D eigenvalue weighted by molar-refractivity contribution is 0.0237. The fourth-order valence-corrected chi connectivity index (χ4v) is 4.92. The van der Waals surface area contributed by atoms with Crippen LogP contribution < -0.4 is 0 Å². The second kappa shape index (κ2) is 22.5. The molecule has 2 aromatic carbocycles. The maximum atomic E-state index is 11.6. The first-order chi connectivity index (χ1) is 25.0. The second-order valence-corrected chi connectivity index (χ2v) is 14.8. The molecule has 2 aromatic heterocycles. The van der Waals surface area contributed by atoms with Crippen LogP contribution in [-0.4, -0.2) is 79.3 Å². The number of aromatic amines is 2. The molecule has 0 saturated carbocycles. The van der Waals surface area contributed by atoms with Gasteiger partial charge in [0.15, 0.2) is 0 Å². The molecule has 3 heterocycles. The third-order valence-electron chi connectivity index (χ3n) is 7.65. The number of carbonyl (C=O) groups is 2. The highest BCUT2D eigenvalue weighted by Crippen LogP contribution is 2.26.